The fourth-order valence-electron chi connectivity index (χ4n) is 2.58. The Kier molecular flexibility index (Phi) is 5.41. The van der Waals surface area contributed by atoms with Crippen molar-refractivity contribution >= 4 is 38.6 Å². The number of pyridine rings is 3. The molecule has 0 aliphatic carbocycles. The normalized spacial score (nSPS) is 11.1. The van der Waals surface area contributed by atoms with E-state index in [1.165, 1.54) is 38.1 Å². The largest absolute Gasteiger partial charge is 0.480 e. The summed E-state index contributed by atoms with van der Waals surface area (Å²) in [4.78, 5) is 18.3. The molecule has 4 rings (SSSR count). The summed E-state index contributed by atoms with van der Waals surface area (Å²) in [5, 5.41) is 0.0664. The second-order valence-corrected chi connectivity index (χ2v) is 8.12. The molecule has 4 aromatic rings. The molecule has 0 aliphatic heterocycles. The molecule has 0 fully saturated rings. The molecule has 0 aliphatic rings. The number of methoxy groups -OCH3 is 1. The quantitative estimate of drug-likeness (QED) is 0.451. The van der Waals surface area contributed by atoms with E-state index in [0.717, 1.165) is 6.07 Å². The fraction of sp³-hybridized carbons (Fsp3) is 0.0526. The lowest BCUT2D eigenvalue weighted by Crippen LogP contribution is -2.17. The number of hydrogen-bond donors (Lipinski definition) is 2. The van der Waals surface area contributed by atoms with Crippen LogP contribution < -0.4 is 9.46 Å². The molecule has 4 heterocycles. The van der Waals surface area contributed by atoms with Gasteiger partial charge in [0.05, 0.1) is 24.0 Å². The standard InChI is InChI=1S/C19H12ClFN6O3S/c1-30-19-15(7-13(20)9-24-19)31(28,29)27-18-16(21)12(4-5-22-18)3-2-11-6-14-17(23-8-11)26-10-25-14/h4-10H,1H3,(H,22,27)(H,23,25,26). The molecular weight excluding hydrogens is 447 g/mol. The third kappa shape index (κ3) is 4.25. The number of halogens is 2. The van der Waals surface area contributed by atoms with Crippen LogP contribution in [0.15, 0.2) is 48.0 Å². The van der Waals surface area contributed by atoms with Crippen LogP contribution in [0.2, 0.25) is 5.02 Å². The molecular formula is C19H12ClFN6O3S. The summed E-state index contributed by atoms with van der Waals surface area (Å²) in [6.45, 7) is 0. The van der Waals surface area contributed by atoms with Gasteiger partial charge in [0.15, 0.2) is 22.2 Å². The third-order valence-corrected chi connectivity index (χ3v) is 5.54. The van der Waals surface area contributed by atoms with Gasteiger partial charge in [0.25, 0.3) is 10.0 Å². The number of imidazole rings is 1. The lowest BCUT2D eigenvalue weighted by molar-refractivity contribution is 0.385. The van der Waals surface area contributed by atoms with E-state index in [1.54, 1.807) is 6.07 Å². The fourth-order valence-corrected chi connectivity index (χ4v) is 3.96. The lowest BCUT2D eigenvalue weighted by atomic mass is 10.2. The Hall–Kier alpha value is -3.75. The molecule has 0 saturated carbocycles. The minimum absolute atomic E-state index is 0.0639. The summed E-state index contributed by atoms with van der Waals surface area (Å²) >= 11 is 5.84. The number of nitrogens with one attached hydrogen (secondary N) is 2. The molecule has 0 amide bonds. The first-order valence-electron chi connectivity index (χ1n) is 8.55. The smallest absolute Gasteiger partial charge is 0.268 e. The monoisotopic (exact) mass is 458 g/mol. The van der Waals surface area contributed by atoms with Crippen LogP contribution in [0.4, 0.5) is 10.2 Å². The van der Waals surface area contributed by atoms with Gasteiger partial charge in [-0.3, -0.25) is 4.72 Å². The van der Waals surface area contributed by atoms with Crippen molar-refractivity contribution in [2.45, 2.75) is 4.90 Å². The molecule has 0 atom stereocenters. The average molecular weight is 459 g/mol. The van der Waals surface area contributed by atoms with E-state index < -0.39 is 21.7 Å². The summed E-state index contributed by atoms with van der Waals surface area (Å²) in [6, 6.07) is 4.14. The number of aromatic amines is 1. The van der Waals surface area contributed by atoms with Gasteiger partial charge in [0.1, 0.15) is 5.52 Å². The van der Waals surface area contributed by atoms with Gasteiger partial charge in [0, 0.05) is 24.2 Å². The van der Waals surface area contributed by atoms with Gasteiger partial charge in [-0.15, -0.1) is 0 Å². The Bertz CT molecular complexity index is 1460. The highest BCUT2D eigenvalue weighted by atomic mass is 35.5. The van der Waals surface area contributed by atoms with Crippen LogP contribution in [-0.2, 0) is 10.0 Å². The summed E-state index contributed by atoms with van der Waals surface area (Å²) in [5.74, 6) is 3.74. The van der Waals surface area contributed by atoms with Crippen LogP contribution in [0.1, 0.15) is 11.1 Å². The van der Waals surface area contributed by atoms with E-state index in [9.17, 15) is 12.8 Å². The first-order valence-corrected chi connectivity index (χ1v) is 10.4. The number of fused-ring (bicyclic) bond motifs is 1. The number of hydrogen-bond acceptors (Lipinski definition) is 7. The van der Waals surface area contributed by atoms with Gasteiger partial charge in [-0.2, -0.15) is 0 Å². The number of nitrogens with zero attached hydrogens (tertiary/aromatic N) is 4. The predicted molar refractivity (Wildman–Crippen MR) is 111 cm³/mol. The highest BCUT2D eigenvalue weighted by Gasteiger charge is 2.24. The van der Waals surface area contributed by atoms with Gasteiger partial charge in [-0.25, -0.2) is 32.7 Å². The van der Waals surface area contributed by atoms with Crippen molar-refractivity contribution in [2.24, 2.45) is 0 Å². The van der Waals surface area contributed by atoms with Crippen LogP contribution in [0.5, 0.6) is 5.88 Å². The van der Waals surface area contributed by atoms with Gasteiger partial charge in [-0.05, 0) is 18.2 Å². The minimum atomic E-state index is -4.30. The van der Waals surface area contributed by atoms with Crippen molar-refractivity contribution in [3.8, 4) is 17.7 Å². The molecule has 12 heteroatoms. The number of anilines is 1. The molecule has 0 spiro atoms. The zero-order valence-electron chi connectivity index (χ0n) is 15.7. The zero-order chi connectivity index (χ0) is 22.0. The van der Waals surface area contributed by atoms with Crippen molar-refractivity contribution in [3.05, 3.63) is 65.1 Å². The van der Waals surface area contributed by atoms with E-state index >= 15 is 0 Å². The molecule has 0 aromatic carbocycles. The van der Waals surface area contributed by atoms with Crippen LogP contribution in [-0.4, -0.2) is 40.4 Å². The van der Waals surface area contributed by atoms with E-state index in [0.29, 0.717) is 16.7 Å². The average Bonchev–Trinajstić information content (AvgIpc) is 3.22. The molecule has 9 nitrogen and oxygen atoms in total. The summed E-state index contributed by atoms with van der Waals surface area (Å²) in [7, 11) is -3.05. The molecule has 0 unspecified atom stereocenters. The van der Waals surface area contributed by atoms with Gasteiger partial charge >= 0.3 is 0 Å². The van der Waals surface area contributed by atoms with Crippen molar-refractivity contribution in [1.82, 2.24) is 24.9 Å². The Morgan fingerprint density at radius 3 is 2.81 bits per heavy atom. The minimum Gasteiger partial charge on any atom is -0.480 e. The van der Waals surface area contributed by atoms with Gasteiger partial charge < -0.3 is 9.72 Å². The zero-order valence-corrected chi connectivity index (χ0v) is 17.3. The Balaban J connectivity index is 1.66. The highest BCUT2D eigenvalue weighted by molar-refractivity contribution is 7.92. The van der Waals surface area contributed by atoms with Crippen LogP contribution in [0.25, 0.3) is 11.2 Å². The molecule has 31 heavy (non-hydrogen) atoms. The van der Waals surface area contributed by atoms with E-state index in [4.69, 9.17) is 16.3 Å². The van der Waals surface area contributed by atoms with Crippen molar-refractivity contribution in [2.75, 3.05) is 11.8 Å². The SMILES string of the molecule is COc1ncc(Cl)cc1S(=O)(=O)Nc1nccc(C#Cc2cnc3[nH]cnc3c2)c1F. The Labute approximate surface area is 180 Å². The maximum absolute atomic E-state index is 14.9. The maximum atomic E-state index is 14.9. The molecule has 2 N–H and O–H groups in total. The van der Waals surface area contributed by atoms with Crippen LogP contribution in [0.3, 0.4) is 0 Å². The lowest BCUT2D eigenvalue weighted by Gasteiger charge is -2.11. The summed E-state index contributed by atoms with van der Waals surface area (Å²) < 4.78 is 47.4. The second-order valence-electron chi connectivity index (χ2n) is 6.03. The summed E-state index contributed by atoms with van der Waals surface area (Å²) in [6.07, 6.45) is 5.46. The highest BCUT2D eigenvalue weighted by Crippen LogP contribution is 2.27. The Morgan fingerprint density at radius 2 is 2.00 bits per heavy atom. The number of H-pyrrole nitrogens is 1. The Morgan fingerprint density at radius 1 is 1.16 bits per heavy atom. The van der Waals surface area contributed by atoms with Gasteiger partial charge in [0.2, 0.25) is 5.88 Å². The van der Waals surface area contributed by atoms with E-state index in [1.807, 2.05) is 0 Å². The number of sulfonamides is 1. The van der Waals surface area contributed by atoms with Crippen molar-refractivity contribution in [3.63, 3.8) is 0 Å². The molecule has 0 radical (unpaired) electrons. The summed E-state index contributed by atoms with van der Waals surface area (Å²) in [5.41, 5.74) is 1.65. The third-order valence-electron chi connectivity index (χ3n) is 4.00. The van der Waals surface area contributed by atoms with Crippen LogP contribution in [0, 0.1) is 17.7 Å². The second kappa shape index (κ2) is 8.17. The number of aromatic nitrogens is 5. The van der Waals surface area contributed by atoms with Gasteiger partial charge in [-0.1, -0.05) is 23.4 Å². The maximum Gasteiger partial charge on any atom is 0.268 e. The van der Waals surface area contributed by atoms with Crippen molar-refractivity contribution < 1.29 is 17.5 Å². The van der Waals surface area contributed by atoms with Crippen LogP contribution >= 0.6 is 11.6 Å². The van der Waals surface area contributed by atoms with Crippen molar-refractivity contribution in [1.29, 1.82) is 0 Å². The molecule has 0 saturated heterocycles. The first-order chi connectivity index (χ1) is 14.9. The molecule has 4 aromatic heterocycles. The molecule has 156 valence electrons. The topological polar surface area (TPSA) is 123 Å². The number of ether oxygens (including phenoxy) is 1. The van der Waals surface area contributed by atoms with E-state index in [2.05, 4.69) is 41.5 Å². The van der Waals surface area contributed by atoms with E-state index in [-0.39, 0.29) is 21.4 Å². The molecule has 0 bridgehead atoms. The number of rotatable bonds is 4. The predicted octanol–water partition coefficient (Wildman–Crippen LogP) is 2.75. The first kappa shape index (κ1) is 20.5.